The summed E-state index contributed by atoms with van der Waals surface area (Å²) < 4.78 is 0. The molecule has 0 heterocycles. The molecule has 0 bridgehead atoms. The maximum absolute atomic E-state index is 12.7. The van der Waals surface area contributed by atoms with Gasteiger partial charge >= 0.3 is 0 Å². The Balaban J connectivity index is 1.76. The average Bonchev–Trinajstić information content (AvgIpc) is 2.92. The number of hydrogen-bond donors (Lipinski definition) is 2. The number of rotatable bonds is 2. The first-order valence-corrected chi connectivity index (χ1v) is 11.4. The van der Waals surface area contributed by atoms with Gasteiger partial charge in [0.25, 0.3) is 0 Å². The molecule has 2 N–H and O–H groups in total. The maximum Gasteiger partial charge on any atom is 0.164 e. The van der Waals surface area contributed by atoms with Crippen molar-refractivity contribution in [1.29, 1.82) is 0 Å². The van der Waals surface area contributed by atoms with Gasteiger partial charge in [0.05, 0.1) is 6.10 Å². The molecule has 3 nitrogen and oxygen atoms in total. The first kappa shape index (κ1) is 20.3. The van der Waals surface area contributed by atoms with Crippen molar-refractivity contribution in [3.63, 3.8) is 0 Å². The Bertz CT molecular complexity index is 736. The van der Waals surface area contributed by atoms with E-state index >= 15 is 0 Å². The van der Waals surface area contributed by atoms with E-state index in [4.69, 9.17) is 0 Å². The van der Waals surface area contributed by atoms with Gasteiger partial charge in [0.15, 0.2) is 5.78 Å². The van der Waals surface area contributed by atoms with Gasteiger partial charge in [-0.05, 0) is 74.5 Å². The Hall–Kier alpha value is -0.930. The lowest BCUT2D eigenvalue weighted by molar-refractivity contribution is -0.182. The fraction of sp³-hybridized carbons (Fsp3) is 0.800. The molecule has 0 aromatic carbocycles. The molecule has 3 heteroatoms. The standard InChI is InChI=1S/C25H38O3/c1-6-16-8-10-23(4)19(13-16)15(3)12-17-18-9-11-25(28,21(27)7-2)24(18,5)14-20(26)22(17)23/h6,13,15,17-18,20,22,26,28H,7-12,14H2,1-5H3/b16-6+/t15-,17-,18-,20-,22+,23-,24-,25-/m0/s1. The van der Waals surface area contributed by atoms with Crippen molar-refractivity contribution < 1.29 is 15.0 Å². The lowest BCUT2D eigenvalue weighted by Gasteiger charge is -2.62. The van der Waals surface area contributed by atoms with Gasteiger partial charge < -0.3 is 10.2 Å². The van der Waals surface area contributed by atoms with Crippen LogP contribution in [0.5, 0.6) is 0 Å². The molecule has 28 heavy (non-hydrogen) atoms. The smallest absolute Gasteiger partial charge is 0.164 e. The van der Waals surface area contributed by atoms with E-state index in [0.29, 0.717) is 37.0 Å². The number of allylic oxidation sites excluding steroid dienone is 4. The van der Waals surface area contributed by atoms with Crippen LogP contribution in [0.2, 0.25) is 0 Å². The van der Waals surface area contributed by atoms with E-state index in [9.17, 15) is 15.0 Å². The van der Waals surface area contributed by atoms with Gasteiger partial charge in [-0.25, -0.2) is 0 Å². The number of aliphatic hydroxyl groups is 2. The summed E-state index contributed by atoms with van der Waals surface area (Å²) in [5.41, 5.74) is 1.22. The van der Waals surface area contributed by atoms with Gasteiger partial charge in [-0.15, -0.1) is 0 Å². The molecule has 0 unspecified atom stereocenters. The zero-order valence-corrected chi connectivity index (χ0v) is 18.3. The topological polar surface area (TPSA) is 57.5 Å². The second-order valence-electron chi connectivity index (χ2n) is 10.7. The summed E-state index contributed by atoms with van der Waals surface area (Å²) in [6.45, 7) is 10.8. The van der Waals surface area contributed by atoms with E-state index in [1.807, 2.05) is 6.92 Å². The second kappa shape index (κ2) is 6.54. The van der Waals surface area contributed by atoms with Crippen LogP contribution in [0.4, 0.5) is 0 Å². The van der Waals surface area contributed by atoms with Crippen LogP contribution < -0.4 is 0 Å². The van der Waals surface area contributed by atoms with Crippen molar-refractivity contribution in [2.45, 2.75) is 91.3 Å². The molecule has 0 radical (unpaired) electrons. The molecule has 3 saturated carbocycles. The number of hydrogen-bond acceptors (Lipinski definition) is 3. The minimum atomic E-state index is -1.26. The van der Waals surface area contributed by atoms with Crippen LogP contribution in [0.25, 0.3) is 0 Å². The SMILES string of the molecule is C/C=C1/C=C2[C@@H](C)C[C@@H]3[C@H]([C@@H](O)C[C@@]4(C)[C@H]3CC[C@]4(O)C(=O)CC)[C@@]2(C)CC1. The summed E-state index contributed by atoms with van der Waals surface area (Å²) >= 11 is 0. The van der Waals surface area contributed by atoms with Crippen molar-refractivity contribution in [2.24, 2.45) is 34.5 Å². The van der Waals surface area contributed by atoms with Crippen molar-refractivity contribution in [3.8, 4) is 0 Å². The van der Waals surface area contributed by atoms with Crippen LogP contribution >= 0.6 is 0 Å². The molecule has 4 aliphatic carbocycles. The van der Waals surface area contributed by atoms with E-state index in [-0.39, 0.29) is 17.1 Å². The van der Waals surface area contributed by atoms with Crippen LogP contribution in [0, 0.1) is 34.5 Å². The highest BCUT2D eigenvalue weighted by Crippen LogP contribution is 2.68. The fourth-order valence-corrected chi connectivity index (χ4v) is 8.15. The lowest BCUT2D eigenvalue weighted by atomic mass is 9.44. The van der Waals surface area contributed by atoms with E-state index < -0.39 is 17.1 Å². The molecule has 0 spiro atoms. The van der Waals surface area contributed by atoms with Gasteiger partial charge in [-0.1, -0.05) is 51.0 Å². The molecule has 0 aromatic rings. The predicted molar refractivity (Wildman–Crippen MR) is 112 cm³/mol. The molecule has 0 aliphatic heterocycles. The van der Waals surface area contributed by atoms with Crippen LogP contribution in [0.1, 0.15) is 79.6 Å². The molecule has 156 valence electrons. The molecular weight excluding hydrogens is 348 g/mol. The summed E-state index contributed by atoms with van der Waals surface area (Å²) in [5.74, 6) is 1.41. The molecule has 3 fully saturated rings. The minimum Gasteiger partial charge on any atom is -0.393 e. The highest BCUT2D eigenvalue weighted by molar-refractivity contribution is 5.88. The number of fused-ring (bicyclic) bond motifs is 5. The Morgan fingerprint density at radius 2 is 2.04 bits per heavy atom. The van der Waals surface area contributed by atoms with E-state index in [1.165, 1.54) is 11.1 Å². The third-order valence-electron chi connectivity index (χ3n) is 9.59. The molecule has 0 aromatic heterocycles. The quantitative estimate of drug-likeness (QED) is 0.715. The molecule has 4 rings (SSSR count). The zero-order valence-electron chi connectivity index (χ0n) is 18.3. The first-order chi connectivity index (χ1) is 13.1. The number of Topliss-reactive ketones (excluding diaryl/α,β-unsaturated/α-hetero) is 1. The largest absolute Gasteiger partial charge is 0.393 e. The number of ketones is 1. The maximum atomic E-state index is 12.7. The van der Waals surface area contributed by atoms with Crippen molar-refractivity contribution in [2.75, 3.05) is 0 Å². The second-order valence-corrected chi connectivity index (χ2v) is 10.7. The summed E-state index contributed by atoms with van der Waals surface area (Å²) in [5, 5.41) is 22.9. The summed E-state index contributed by atoms with van der Waals surface area (Å²) in [7, 11) is 0. The third-order valence-corrected chi connectivity index (χ3v) is 9.59. The van der Waals surface area contributed by atoms with E-state index in [2.05, 4.69) is 39.8 Å². The van der Waals surface area contributed by atoms with Crippen LogP contribution in [-0.2, 0) is 4.79 Å². The molecule has 4 aliphatic rings. The lowest BCUT2D eigenvalue weighted by Crippen LogP contribution is -2.62. The Morgan fingerprint density at radius 1 is 1.32 bits per heavy atom. The van der Waals surface area contributed by atoms with Crippen LogP contribution in [0.15, 0.2) is 23.3 Å². The minimum absolute atomic E-state index is 0.0328. The van der Waals surface area contributed by atoms with Crippen molar-refractivity contribution in [3.05, 3.63) is 23.3 Å². The summed E-state index contributed by atoms with van der Waals surface area (Å²) in [6, 6.07) is 0. The van der Waals surface area contributed by atoms with Crippen molar-refractivity contribution >= 4 is 5.78 Å². The summed E-state index contributed by atoms with van der Waals surface area (Å²) in [6.07, 6.45) is 9.84. The zero-order chi connectivity index (χ0) is 20.5. The predicted octanol–water partition coefficient (Wildman–Crippen LogP) is 4.82. The monoisotopic (exact) mass is 386 g/mol. The normalized spacial score (nSPS) is 51.9. The molecule has 0 saturated heterocycles. The number of aliphatic hydroxyl groups excluding tert-OH is 1. The van der Waals surface area contributed by atoms with Gasteiger partial charge in [0, 0.05) is 11.8 Å². The highest BCUT2D eigenvalue weighted by Gasteiger charge is 2.68. The first-order valence-electron chi connectivity index (χ1n) is 11.4. The van der Waals surface area contributed by atoms with Crippen molar-refractivity contribution in [1.82, 2.24) is 0 Å². The molecule has 8 atom stereocenters. The highest BCUT2D eigenvalue weighted by atomic mass is 16.3. The molecular formula is C25H38O3. The average molecular weight is 387 g/mol. The van der Waals surface area contributed by atoms with E-state index in [0.717, 1.165) is 25.7 Å². The van der Waals surface area contributed by atoms with Gasteiger partial charge in [-0.2, -0.15) is 0 Å². The molecule has 0 amide bonds. The van der Waals surface area contributed by atoms with Crippen LogP contribution in [0.3, 0.4) is 0 Å². The Labute approximate surface area is 170 Å². The van der Waals surface area contributed by atoms with Gasteiger partial charge in [0.1, 0.15) is 5.60 Å². The number of carbonyl (C=O) groups excluding carboxylic acids is 1. The van der Waals surface area contributed by atoms with Crippen LogP contribution in [-0.4, -0.2) is 27.7 Å². The van der Waals surface area contributed by atoms with Gasteiger partial charge in [0.2, 0.25) is 0 Å². The van der Waals surface area contributed by atoms with Gasteiger partial charge in [-0.3, -0.25) is 4.79 Å². The Kier molecular flexibility index (Phi) is 4.75. The third kappa shape index (κ3) is 2.45. The summed E-state index contributed by atoms with van der Waals surface area (Å²) in [4.78, 5) is 12.7. The fourth-order valence-electron chi connectivity index (χ4n) is 8.15. The number of carbonyl (C=O) groups is 1. The van der Waals surface area contributed by atoms with E-state index in [1.54, 1.807) is 0 Å². The Morgan fingerprint density at radius 3 is 2.68 bits per heavy atom.